The van der Waals surface area contributed by atoms with E-state index >= 15 is 0 Å². The number of rotatable bonds is 8. The third kappa shape index (κ3) is 6.82. The summed E-state index contributed by atoms with van der Waals surface area (Å²) in [5, 5.41) is 6.63. The van der Waals surface area contributed by atoms with Gasteiger partial charge >= 0.3 is 0 Å². The highest BCUT2D eigenvalue weighted by molar-refractivity contribution is 5.94. The molecule has 0 unspecified atom stereocenters. The van der Waals surface area contributed by atoms with Crippen molar-refractivity contribution in [3.05, 3.63) is 64.7 Å². The Kier molecular flexibility index (Phi) is 8.52. The molecule has 2 rings (SSSR count). The van der Waals surface area contributed by atoms with Gasteiger partial charge in [-0.1, -0.05) is 24.3 Å². The summed E-state index contributed by atoms with van der Waals surface area (Å²) < 4.78 is 5.46. The van der Waals surface area contributed by atoms with Crippen LogP contribution in [0.5, 0.6) is 5.75 Å². The van der Waals surface area contributed by atoms with Gasteiger partial charge in [0.25, 0.3) is 5.91 Å². The van der Waals surface area contributed by atoms with Gasteiger partial charge in [-0.05, 0) is 49.6 Å². The highest BCUT2D eigenvalue weighted by Gasteiger charge is 2.08. The average Bonchev–Trinajstić information content (AvgIpc) is 2.72. The molecule has 0 radical (unpaired) electrons. The molecule has 2 aromatic carbocycles. The summed E-state index contributed by atoms with van der Waals surface area (Å²) in [6.07, 6.45) is 0.798. The largest absolute Gasteiger partial charge is 0.496 e. The van der Waals surface area contributed by atoms with Crippen molar-refractivity contribution in [2.75, 3.05) is 34.3 Å². The molecular formula is C23H32N4O2. The van der Waals surface area contributed by atoms with Crippen LogP contribution < -0.4 is 15.4 Å². The minimum atomic E-state index is 0.0155. The molecule has 2 aromatic rings. The van der Waals surface area contributed by atoms with Gasteiger partial charge in [-0.15, -0.1) is 0 Å². The summed E-state index contributed by atoms with van der Waals surface area (Å²) in [5.74, 6) is 1.63. The Balaban J connectivity index is 1.98. The summed E-state index contributed by atoms with van der Waals surface area (Å²) in [6.45, 7) is 6.12. The van der Waals surface area contributed by atoms with E-state index in [-0.39, 0.29) is 5.91 Å². The molecule has 0 spiro atoms. The number of nitrogens with zero attached hydrogens (tertiary/aromatic N) is 2. The van der Waals surface area contributed by atoms with E-state index < -0.39 is 0 Å². The standard InChI is InChI=1S/C23H32N4O2/c1-6-24-23(26-16-20-11-10-17(2)14-21(20)29-5)25-13-12-18-8-7-9-19(15-18)22(28)27(3)4/h7-11,14-15H,6,12-13,16H2,1-5H3,(H2,24,25,26). The summed E-state index contributed by atoms with van der Waals surface area (Å²) >= 11 is 0. The van der Waals surface area contributed by atoms with E-state index in [1.54, 1.807) is 26.1 Å². The Labute approximate surface area is 174 Å². The highest BCUT2D eigenvalue weighted by Crippen LogP contribution is 2.20. The first-order valence-corrected chi connectivity index (χ1v) is 9.91. The molecule has 0 aliphatic carbocycles. The predicted molar refractivity (Wildman–Crippen MR) is 119 cm³/mol. The zero-order chi connectivity index (χ0) is 21.2. The fourth-order valence-corrected chi connectivity index (χ4v) is 2.93. The number of carbonyl (C=O) groups excluding carboxylic acids is 1. The quantitative estimate of drug-likeness (QED) is 0.532. The fourth-order valence-electron chi connectivity index (χ4n) is 2.93. The second-order valence-corrected chi connectivity index (χ2v) is 7.09. The number of nitrogens with one attached hydrogen (secondary N) is 2. The van der Waals surface area contributed by atoms with Gasteiger partial charge in [0.05, 0.1) is 13.7 Å². The fraction of sp³-hybridized carbons (Fsp3) is 0.391. The van der Waals surface area contributed by atoms with Gasteiger partial charge in [0.1, 0.15) is 5.75 Å². The number of aliphatic imine (C=N–C) groups is 1. The molecular weight excluding hydrogens is 364 g/mol. The molecule has 1 amide bonds. The van der Waals surface area contributed by atoms with E-state index in [1.165, 1.54) is 0 Å². The van der Waals surface area contributed by atoms with Crippen LogP contribution in [-0.2, 0) is 13.0 Å². The van der Waals surface area contributed by atoms with E-state index in [9.17, 15) is 4.79 Å². The molecule has 0 fully saturated rings. The second kappa shape index (κ2) is 11.1. The number of aryl methyl sites for hydroxylation is 1. The number of hydrogen-bond donors (Lipinski definition) is 2. The first-order chi connectivity index (χ1) is 13.9. The Bertz CT molecular complexity index is 847. The molecule has 156 valence electrons. The minimum absolute atomic E-state index is 0.0155. The van der Waals surface area contributed by atoms with Crippen LogP contribution in [0, 0.1) is 6.92 Å². The third-order valence-electron chi connectivity index (χ3n) is 4.48. The normalized spacial score (nSPS) is 11.1. The zero-order valence-corrected chi connectivity index (χ0v) is 18.1. The van der Waals surface area contributed by atoms with Gasteiger partial charge < -0.3 is 20.3 Å². The van der Waals surface area contributed by atoms with Gasteiger partial charge in [0, 0.05) is 38.3 Å². The van der Waals surface area contributed by atoms with Crippen LogP contribution in [0.2, 0.25) is 0 Å². The van der Waals surface area contributed by atoms with Crippen LogP contribution in [0.3, 0.4) is 0 Å². The first-order valence-electron chi connectivity index (χ1n) is 9.91. The first kappa shape index (κ1) is 22.3. The lowest BCUT2D eigenvalue weighted by atomic mass is 10.1. The molecule has 0 aliphatic rings. The van der Waals surface area contributed by atoms with Crippen LogP contribution in [0.1, 0.15) is 34.0 Å². The van der Waals surface area contributed by atoms with Crippen LogP contribution in [0.15, 0.2) is 47.5 Å². The van der Waals surface area contributed by atoms with E-state index in [0.717, 1.165) is 47.9 Å². The summed E-state index contributed by atoms with van der Waals surface area (Å²) in [5.41, 5.74) is 4.03. The summed E-state index contributed by atoms with van der Waals surface area (Å²) in [4.78, 5) is 18.4. The van der Waals surface area contributed by atoms with Crippen LogP contribution in [0.4, 0.5) is 0 Å². The van der Waals surface area contributed by atoms with Gasteiger partial charge in [-0.25, -0.2) is 4.99 Å². The van der Waals surface area contributed by atoms with Crippen molar-refractivity contribution in [3.63, 3.8) is 0 Å². The number of carbonyl (C=O) groups is 1. The van der Waals surface area contributed by atoms with E-state index in [0.29, 0.717) is 12.1 Å². The van der Waals surface area contributed by atoms with Crippen molar-refractivity contribution in [1.82, 2.24) is 15.5 Å². The lowest BCUT2D eigenvalue weighted by Crippen LogP contribution is -2.38. The molecule has 0 saturated heterocycles. The Morgan fingerprint density at radius 2 is 1.93 bits per heavy atom. The number of amides is 1. The van der Waals surface area contributed by atoms with Crippen LogP contribution >= 0.6 is 0 Å². The lowest BCUT2D eigenvalue weighted by molar-refractivity contribution is 0.0827. The van der Waals surface area contributed by atoms with E-state index in [4.69, 9.17) is 4.74 Å². The summed E-state index contributed by atoms with van der Waals surface area (Å²) in [7, 11) is 5.21. The topological polar surface area (TPSA) is 66.0 Å². The Morgan fingerprint density at radius 3 is 2.62 bits per heavy atom. The molecule has 2 N–H and O–H groups in total. The average molecular weight is 397 g/mol. The van der Waals surface area contributed by atoms with Crippen molar-refractivity contribution in [2.24, 2.45) is 4.99 Å². The van der Waals surface area contributed by atoms with Gasteiger partial charge in [-0.2, -0.15) is 0 Å². The lowest BCUT2D eigenvalue weighted by Gasteiger charge is -2.13. The van der Waals surface area contributed by atoms with Crippen molar-refractivity contribution >= 4 is 11.9 Å². The van der Waals surface area contributed by atoms with Gasteiger partial charge in [0.2, 0.25) is 0 Å². The molecule has 0 bridgehead atoms. The van der Waals surface area contributed by atoms with Crippen LogP contribution in [-0.4, -0.2) is 51.1 Å². The molecule has 0 atom stereocenters. The number of hydrogen-bond acceptors (Lipinski definition) is 3. The highest BCUT2D eigenvalue weighted by atomic mass is 16.5. The predicted octanol–water partition coefficient (Wildman–Crippen LogP) is 3.00. The van der Waals surface area contributed by atoms with Crippen molar-refractivity contribution in [2.45, 2.75) is 26.8 Å². The number of benzene rings is 2. The Morgan fingerprint density at radius 1 is 1.14 bits per heavy atom. The maximum atomic E-state index is 12.1. The summed E-state index contributed by atoms with van der Waals surface area (Å²) in [6, 6.07) is 13.9. The number of methoxy groups -OCH3 is 1. The van der Waals surface area contributed by atoms with Crippen molar-refractivity contribution < 1.29 is 9.53 Å². The van der Waals surface area contributed by atoms with Gasteiger partial charge in [-0.3, -0.25) is 4.79 Å². The smallest absolute Gasteiger partial charge is 0.253 e. The zero-order valence-electron chi connectivity index (χ0n) is 18.1. The molecule has 29 heavy (non-hydrogen) atoms. The Hall–Kier alpha value is -3.02. The monoisotopic (exact) mass is 396 g/mol. The van der Waals surface area contributed by atoms with E-state index in [2.05, 4.69) is 27.8 Å². The molecule has 0 heterocycles. The van der Waals surface area contributed by atoms with Crippen molar-refractivity contribution in [1.29, 1.82) is 0 Å². The third-order valence-corrected chi connectivity index (χ3v) is 4.48. The number of guanidine groups is 1. The SMILES string of the molecule is CCNC(=NCc1ccc(C)cc1OC)NCCc1cccc(C(=O)N(C)C)c1. The minimum Gasteiger partial charge on any atom is -0.496 e. The molecule has 0 saturated carbocycles. The van der Waals surface area contributed by atoms with Gasteiger partial charge in [0.15, 0.2) is 5.96 Å². The molecule has 0 aromatic heterocycles. The van der Waals surface area contributed by atoms with Crippen LogP contribution in [0.25, 0.3) is 0 Å². The number of ether oxygens (including phenoxy) is 1. The molecule has 6 heteroatoms. The second-order valence-electron chi connectivity index (χ2n) is 7.09. The maximum absolute atomic E-state index is 12.1. The van der Waals surface area contributed by atoms with Crippen molar-refractivity contribution in [3.8, 4) is 5.75 Å². The maximum Gasteiger partial charge on any atom is 0.253 e. The molecule has 0 aliphatic heterocycles. The molecule has 6 nitrogen and oxygen atoms in total. The van der Waals surface area contributed by atoms with E-state index in [1.807, 2.05) is 44.2 Å².